The van der Waals surface area contributed by atoms with Crippen LogP contribution in [0.4, 0.5) is 0 Å². The maximum Gasteiger partial charge on any atom is 0.152 e. The lowest BCUT2D eigenvalue weighted by Gasteiger charge is -2.06. The van der Waals surface area contributed by atoms with E-state index in [1.54, 1.807) is 18.5 Å². The second-order valence-electron chi connectivity index (χ2n) is 5.22. The van der Waals surface area contributed by atoms with Gasteiger partial charge in [0, 0.05) is 17.1 Å². The number of nitrogens with zero attached hydrogens (tertiary/aromatic N) is 3. The van der Waals surface area contributed by atoms with Crippen LogP contribution in [-0.2, 0) is 18.0 Å². The number of fused-ring (bicyclic) bond motifs is 2. The molecule has 5 heteroatoms. The van der Waals surface area contributed by atoms with Crippen LogP contribution in [0.5, 0.6) is 0 Å². The van der Waals surface area contributed by atoms with Crippen molar-refractivity contribution in [2.75, 3.05) is 0 Å². The molecule has 0 spiro atoms. The van der Waals surface area contributed by atoms with Crippen LogP contribution in [0.15, 0.2) is 36.7 Å². The molecule has 4 rings (SSSR count). The van der Waals surface area contributed by atoms with Gasteiger partial charge in [0.05, 0.1) is 30.6 Å². The second-order valence-corrected chi connectivity index (χ2v) is 5.22. The fourth-order valence-electron chi connectivity index (χ4n) is 2.83. The fourth-order valence-corrected chi connectivity index (χ4v) is 2.83. The lowest BCUT2D eigenvalue weighted by atomic mass is 10.1. The summed E-state index contributed by atoms with van der Waals surface area (Å²) < 4.78 is 7.38. The average Bonchev–Trinajstić information content (AvgIpc) is 3.16. The molecule has 1 aliphatic heterocycles. The molecule has 1 aromatic carbocycles. The second kappa shape index (κ2) is 4.79. The van der Waals surface area contributed by atoms with Crippen LogP contribution in [-0.4, -0.2) is 15.8 Å². The molecule has 2 aromatic heterocycles. The predicted octanol–water partition coefficient (Wildman–Crippen LogP) is 2.74. The van der Waals surface area contributed by atoms with Crippen molar-refractivity contribution in [2.24, 2.45) is 0 Å². The number of hydrogen-bond acceptors (Lipinski definition) is 4. The molecule has 5 nitrogen and oxygen atoms in total. The summed E-state index contributed by atoms with van der Waals surface area (Å²) in [4.78, 5) is 15.5. The zero-order valence-corrected chi connectivity index (χ0v) is 11.6. The SMILES string of the molecule is N#Cc1ccc(-n2cc(C=O)c3cc4c(cc32)COC4)cn1. The van der Waals surface area contributed by atoms with Crippen molar-refractivity contribution in [3.63, 3.8) is 0 Å². The minimum atomic E-state index is 0.366. The van der Waals surface area contributed by atoms with Gasteiger partial charge in [0.15, 0.2) is 6.29 Å². The van der Waals surface area contributed by atoms with E-state index in [4.69, 9.17) is 10.00 Å². The zero-order valence-electron chi connectivity index (χ0n) is 11.6. The summed E-state index contributed by atoms with van der Waals surface area (Å²) in [6.07, 6.45) is 4.30. The number of nitriles is 1. The van der Waals surface area contributed by atoms with E-state index in [2.05, 4.69) is 11.1 Å². The number of benzene rings is 1. The Kier molecular flexibility index (Phi) is 2.78. The Morgan fingerprint density at radius 3 is 2.77 bits per heavy atom. The minimum absolute atomic E-state index is 0.366. The Balaban J connectivity index is 1.97. The lowest BCUT2D eigenvalue weighted by molar-refractivity contribution is 0.112. The van der Waals surface area contributed by atoms with Gasteiger partial charge in [-0.05, 0) is 35.4 Å². The van der Waals surface area contributed by atoms with Gasteiger partial charge >= 0.3 is 0 Å². The standard InChI is InChI=1S/C17H11N3O2/c18-5-14-1-2-15(6-19-14)20-7-13(8-21)16-3-11-9-22-10-12(11)4-17(16)20/h1-4,6-8H,9-10H2. The largest absolute Gasteiger partial charge is 0.372 e. The van der Waals surface area contributed by atoms with Crippen molar-refractivity contribution in [1.29, 1.82) is 5.26 Å². The molecule has 0 saturated carbocycles. The molecule has 0 atom stereocenters. The van der Waals surface area contributed by atoms with Gasteiger partial charge in [-0.3, -0.25) is 4.79 Å². The molecular weight excluding hydrogens is 278 g/mol. The molecule has 0 bridgehead atoms. The molecule has 0 unspecified atom stereocenters. The van der Waals surface area contributed by atoms with E-state index >= 15 is 0 Å². The monoisotopic (exact) mass is 289 g/mol. The van der Waals surface area contributed by atoms with Gasteiger partial charge in [-0.1, -0.05) is 0 Å². The normalized spacial score (nSPS) is 13.0. The minimum Gasteiger partial charge on any atom is -0.372 e. The van der Waals surface area contributed by atoms with E-state index in [1.807, 2.05) is 22.8 Å². The summed E-state index contributed by atoms with van der Waals surface area (Å²) in [5, 5.41) is 9.75. The van der Waals surface area contributed by atoms with Crippen molar-refractivity contribution < 1.29 is 9.53 Å². The molecule has 22 heavy (non-hydrogen) atoms. The van der Waals surface area contributed by atoms with Gasteiger partial charge < -0.3 is 9.30 Å². The summed E-state index contributed by atoms with van der Waals surface area (Å²) in [6, 6.07) is 9.57. The van der Waals surface area contributed by atoms with Crippen LogP contribution < -0.4 is 0 Å². The van der Waals surface area contributed by atoms with Crippen LogP contribution in [0.25, 0.3) is 16.6 Å². The Morgan fingerprint density at radius 2 is 2.09 bits per heavy atom. The van der Waals surface area contributed by atoms with Crippen molar-refractivity contribution in [1.82, 2.24) is 9.55 Å². The molecule has 106 valence electrons. The van der Waals surface area contributed by atoms with E-state index in [0.29, 0.717) is 24.5 Å². The van der Waals surface area contributed by atoms with E-state index in [0.717, 1.165) is 34.0 Å². The summed E-state index contributed by atoms with van der Waals surface area (Å²) in [5.41, 5.74) is 5.03. The van der Waals surface area contributed by atoms with E-state index in [1.165, 1.54) is 0 Å². The topological polar surface area (TPSA) is 67.9 Å². The molecule has 0 amide bonds. The number of ether oxygens (including phenoxy) is 1. The summed E-state index contributed by atoms with van der Waals surface area (Å²) in [6.45, 7) is 1.19. The van der Waals surface area contributed by atoms with Gasteiger partial charge in [0.1, 0.15) is 11.8 Å². The molecule has 3 aromatic rings. The Morgan fingerprint density at radius 1 is 1.27 bits per heavy atom. The van der Waals surface area contributed by atoms with Crippen molar-refractivity contribution in [2.45, 2.75) is 13.2 Å². The molecule has 0 radical (unpaired) electrons. The van der Waals surface area contributed by atoms with Crippen molar-refractivity contribution in [3.05, 3.63) is 59.0 Å². The number of aromatic nitrogens is 2. The number of carbonyl (C=O) groups is 1. The number of rotatable bonds is 2. The molecule has 1 aliphatic rings. The molecule has 0 saturated heterocycles. The predicted molar refractivity (Wildman–Crippen MR) is 79.7 cm³/mol. The van der Waals surface area contributed by atoms with Crippen molar-refractivity contribution in [3.8, 4) is 11.8 Å². The van der Waals surface area contributed by atoms with Gasteiger partial charge in [0.2, 0.25) is 0 Å². The van der Waals surface area contributed by atoms with E-state index in [-0.39, 0.29) is 0 Å². The summed E-state index contributed by atoms with van der Waals surface area (Å²) in [7, 11) is 0. The van der Waals surface area contributed by atoms with Crippen LogP contribution in [0.1, 0.15) is 27.2 Å². The third-order valence-corrected chi connectivity index (χ3v) is 3.94. The summed E-state index contributed by atoms with van der Waals surface area (Å²) >= 11 is 0. The smallest absolute Gasteiger partial charge is 0.152 e. The lowest BCUT2D eigenvalue weighted by Crippen LogP contribution is -1.94. The van der Waals surface area contributed by atoms with Crippen LogP contribution >= 0.6 is 0 Å². The third kappa shape index (κ3) is 1.82. The van der Waals surface area contributed by atoms with Gasteiger partial charge in [-0.2, -0.15) is 5.26 Å². The number of hydrogen-bond donors (Lipinski definition) is 0. The highest BCUT2D eigenvalue weighted by atomic mass is 16.5. The first-order valence-corrected chi connectivity index (χ1v) is 6.86. The van der Waals surface area contributed by atoms with Gasteiger partial charge in [-0.25, -0.2) is 4.98 Å². The van der Waals surface area contributed by atoms with Crippen molar-refractivity contribution >= 4 is 17.2 Å². The maximum absolute atomic E-state index is 11.4. The average molecular weight is 289 g/mol. The van der Waals surface area contributed by atoms with Crippen LogP contribution in [0.2, 0.25) is 0 Å². The fraction of sp³-hybridized carbons (Fsp3) is 0.118. The highest BCUT2D eigenvalue weighted by Gasteiger charge is 2.17. The van der Waals surface area contributed by atoms with E-state index in [9.17, 15) is 4.79 Å². The number of aldehydes is 1. The molecular formula is C17H11N3O2. The number of pyridine rings is 1. The Bertz CT molecular complexity index is 933. The molecule has 0 fully saturated rings. The first-order chi connectivity index (χ1) is 10.8. The van der Waals surface area contributed by atoms with Gasteiger partial charge in [0.25, 0.3) is 0 Å². The third-order valence-electron chi connectivity index (χ3n) is 3.94. The molecule has 3 heterocycles. The highest BCUT2D eigenvalue weighted by molar-refractivity contribution is 5.99. The quantitative estimate of drug-likeness (QED) is 0.680. The maximum atomic E-state index is 11.4. The zero-order chi connectivity index (χ0) is 15.1. The van der Waals surface area contributed by atoms with Crippen LogP contribution in [0, 0.1) is 11.3 Å². The summed E-state index contributed by atoms with van der Waals surface area (Å²) in [5.74, 6) is 0. The van der Waals surface area contributed by atoms with E-state index < -0.39 is 0 Å². The first-order valence-electron chi connectivity index (χ1n) is 6.86. The molecule has 0 aliphatic carbocycles. The van der Waals surface area contributed by atoms with Crippen LogP contribution in [0.3, 0.4) is 0 Å². The molecule has 0 N–H and O–H groups in total. The number of carbonyl (C=O) groups excluding carboxylic acids is 1. The Labute approximate surface area is 126 Å². The first kappa shape index (κ1) is 12.7. The van der Waals surface area contributed by atoms with Gasteiger partial charge in [-0.15, -0.1) is 0 Å². The Hall–Kier alpha value is -2.97. The highest BCUT2D eigenvalue weighted by Crippen LogP contribution is 2.30.